The van der Waals surface area contributed by atoms with Gasteiger partial charge < -0.3 is 19.5 Å². The molecule has 0 radical (unpaired) electrons. The van der Waals surface area contributed by atoms with Crippen LogP contribution >= 0.6 is 23.1 Å². The number of carboxylic acids is 1. The fourth-order valence-corrected chi connectivity index (χ4v) is 4.79. The largest absolute Gasteiger partial charge is 0.476 e. The average molecular weight is 418 g/mol. The van der Waals surface area contributed by atoms with Gasteiger partial charge in [0.1, 0.15) is 0 Å². The van der Waals surface area contributed by atoms with Crippen molar-refractivity contribution in [2.24, 2.45) is 0 Å². The number of methoxy groups -OCH3 is 2. The number of likely N-dealkylation sites (tertiary alicyclic amines) is 1. The Kier molecular flexibility index (Phi) is 9.49. The van der Waals surface area contributed by atoms with Crippen molar-refractivity contribution in [3.63, 3.8) is 0 Å². The Morgan fingerprint density at radius 2 is 2.11 bits per heavy atom. The maximum absolute atomic E-state index is 12.3. The van der Waals surface area contributed by atoms with Crippen molar-refractivity contribution in [3.8, 4) is 0 Å². The quantitative estimate of drug-likeness (QED) is 0.483. The molecule has 10 heteroatoms. The lowest BCUT2D eigenvalue weighted by atomic mass is 10.2. The predicted molar refractivity (Wildman–Crippen MR) is 105 cm³/mol. The Balaban J connectivity index is 1.85. The van der Waals surface area contributed by atoms with Crippen molar-refractivity contribution in [2.45, 2.75) is 23.2 Å². The number of carboxylic acid groups (broad SMARTS) is 1. The molecule has 0 aromatic carbocycles. The van der Waals surface area contributed by atoms with Crippen LogP contribution in [-0.4, -0.2) is 97.2 Å². The molecular weight excluding hydrogens is 390 g/mol. The van der Waals surface area contributed by atoms with Gasteiger partial charge in [-0.15, -0.1) is 11.3 Å². The first kappa shape index (κ1) is 22.1. The van der Waals surface area contributed by atoms with Crippen molar-refractivity contribution in [2.75, 3.05) is 59.4 Å². The van der Waals surface area contributed by atoms with E-state index < -0.39 is 5.97 Å². The number of hydrogen-bond acceptors (Lipinski definition) is 8. The van der Waals surface area contributed by atoms with Gasteiger partial charge >= 0.3 is 5.97 Å². The van der Waals surface area contributed by atoms with Crippen LogP contribution in [0.25, 0.3) is 0 Å². The molecule has 0 aliphatic carbocycles. The minimum Gasteiger partial charge on any atom is -0.476 e. The number of aromatic nitrogens is 1. The summed E-state index contributed by atoms with van der Waals surface area (Å²) in [5.41, 5.74) is 0.0737. The molecule has 1 aromatic heterocycles. The lowest BCUT2D eigenvalue weighted by Crippen LogP contribution is -2.44. The van der Waals surface area contributed by atoms with Gasteiger partial charge in [0, 0.05) is 64.0 Å². The molecule has 152 valence electrons. The van der Waals surface area contributed by atoms with Crippen molar-refractivity contribution >= 4 is 35.0 Å². The third-order valence-electron chi connectivity index (χ3n) is 4.40. The van der Waals surface area contributed by atoms with Gasteiger partial charge in [-0.1, -0.05) is 11.8 Å². The second-order valence-corrected chi connectivity index (χ2v) is 8.42. The van der Waals surface area contributed by atoms with Gasteiger partial charge in [0.25, 0.3) is 0 Å². The maximum atomic E-state index is 12.3. The van der Waals surface area contributed by atoms with Gasteiger partial charge in [0.05, 0.1) is 13.2 Å². The summed E-state index contributed by atoms with van der Waals surface area (Å²) >= 11 is 2.82. The molecule has 0 saturated carbocycles. The van der Waals surface area contributed by atoms with E-state index in [1.165, 1.54) is 28.5 Å². The van der Waals surface area contributed by atoms with Crippen LogP contribution in [0.4, 0.5) is 0 Å². The zero-order chi connectivity index (χ0) is 19.6. The van der Waals surface area contributed by atoms with Gasteiger partial charge in [0.2, 0.25) is 5.91 Å². The third kappa shape index (κ3) is 7.04. The van der Waals surface area contributed by atoms with Crippen LogP contribution < -0.4 is 0 Å². The molecule has 1 amide bonds. The SMILES string of the molecule is COCCN(CCOC)C[C@H]1CCC(=O)N1CCSc1nc(C(=O)O)cs1. The highest BCUT2D eigenvalue weighted by Crippen LogP contribution is 2.25. The summed E-state index contributed by atoms with van der Waals surface area (Å²) in [6, 6.07) is 0.192. The molecule has 8 nitrogen and oxygen atoms in total. The minimum atomic E-state index is -1.01. The molecule has 2 rings (SSSR count). The normalized spacial score (nSPS) is 17.2. The average Bonchev–Trinajstić information content (AvgIpc) is 3.25. The smallest absolute Gasteiger partial charge is 0.355 e. The Morgan fingerprint density at radius 3 is 2.70 bits per heavy atom. The predicted octanol–water partition coefficient (Wildman–Crippen LogP) is 1.52. The van der Waals surface area contributed by atoms with E-state index in [-0.39, 0.29) is 17.6 Å². The summed E-state index contributed by atoms with van der Waals surface area (Å²) in [6.07, 6.45) is 1.44. The monoisotopic (exact) mass is 417 g/mol. The van der Waals surface area contributed by atoms with Crippen LogP contribution in [0.15, 0.2) is 9.72 Å². The first-order chi connectivity index (χ1) is 13.0. The number of thiazole rings is 1. The lowest BCUT2D eigenvalue weighted by Gasteiger charge is -2.30. The highest BCUT2D eigenvalue weighted by Gasteiger charge is 2.31. The molecule has 1 aromatic rings. The number of nitrogens with zero attached hydrogens (tertiary/aromatic N) is 3. The molecule has 27 heavy (non-hydrogen) atoms. The molecule has 0 bridgehead atoms. The summed E-state index contributed by atoms with van der Waals surface area (Å²) in [5, 5.41) is 10.5. The molecule has 1 aliphatic rings. The summed E-state index contributed by atoms with van der Waals surface area (Å²) in [6.45, 7) is 4.36. The fraction of sp³-hybridized carbons (Fsp3) is 0.706. The Bertz CT molecular complexity index is 605. The van der Waals surface area contributed by atoms with E-state index in [1.807, 2.05) is 4.90 Å². The summed E-state index contributed by atoms with van der Waals surface area (Å²) in [7, 11) is 3.37. The number of hydrogen-bond donors (Lipinski definition) is 1. The topological polar surface area (TPSA) is 92.2 Å². The van der Waals surface area contributed by atoms with E-state index in [9.17, 15) is 9.59 Å². The van der Waals surface area contributed by atoms with Crippen LogP contribution in [0.1, 0.15) is 23.3 Å². The first-order valence-electron chi connectivity index (χ1n) is 8.86. The van der Waals surface area contributed by atoms with Crippen molar-refractivity contribution in [3.05, 3.63) is 11.1 Å². The number of aromatic carboxylic acids is 1. The summed E-state index contributed by atoms with van der Waals surface area (Å²) in [4.78, 5) is 31.5. The molecule has 0 spiro atoms. The van der Waals surface area contributed by atoms with E-state index >= 15 is 0 Å². The van der Waals surface area contributed by atoms with Crippen LogP contribution in [-0.2, 0) is 14.3 Å². The van der Waals surface area contributed by atoms with E-state index in [2.05, 4.69) is 9.88 Å². The second-order valence-electron chi connectivity index (χ2n) is 6.22. The Hall–Kier alpha value is -1.20. The van der Waals surface area contributed by atoms with Crippen LogP contribution in [0.3, 0.4) is 0 Å². The molecule has 1 saturated heterocycles. The van der Waals surface area contributed by atoms with Gasteiger partial charge in [-0.3, -0.25) is 9.69 Å². The van der Waals surface area contributed by atoms with Crippen molar-refractivity contribution in [1.29, 1.82) is 0 Å². The number of ether oxygens (including phenoxy) is 2. The first-order valence-corrected chi connectivity index (χ1v) is 10.7. The highest BCUT2D eigenvalue weighted by atomic mass is 32.2. The van der Waals surface area contributed by atoms with Gasteiger partial charge in [-0.05, 0) is 6.42 Å². The molecule has 2 heterocycles. The van der Waals surface area contributed by atoms with Crippen LogP contribution in [0, 0.1) is 0 Å². The third-order valence-corrected chi connectivity index (χ3v) is 6.41. The number of carbonyl (C=O) groups excluding carboxylic acids is 1. The van der Waals surface area contributed by atoms with E-state index in [4.69, 9.17) is 14.6 Å². The Morgan fingerprint density at radius 1 is 1.41 bits per heavy atom. The molecule has 1 aliphatic heterocycles. The summed E-state index contributed by atoms with van der Waals surface area (Å²) in [5.74, 6) is -0.130. The van der Waals surface area contributed by atoms with Crippen LogP contribution in [0.2, 0.25) is 0 Å². The van der Waals surface area contributed by atoms with Gasteiger partial charge in [-0.25, -0.2) is 9.78 Å². The minimum absolute atomic E-state index is 0.0737. The molecule has 1 atom stereocenters. The van der Waals surface area contributed by atoms with Crippen molar-refractivity contribution < 1.29 is 24.2 Å². The lowest BCUT2D eigenvalue weighted by molar-refractivity contribution is -0.128. The van der Waals surface area contributed by atoms with Gasteiger partial charge in [0.15, 0.2) is 10.0 Å². The zero-order valence-electron chi connectivity index (χ0n) is 15.8. The number of carbonyl (C=O) groups is 2. The summed E-state index contributed by atoms with van der Waals surface area (Å²) < 4.78 is 11.1. The van der Waals surface area contributed by atoms with E-state index in [0.717, 1.165) is 30.4 Å². The highest BCUT2D eigenvalue weighted by molar-refractivity contribution is 8.01. The molecule has 1 fully saturated rings. The molecule has 0 unspecified atom stereocenters. The number of amides is 1. The number of rotatable bonds is 13. The fourth-order valence-electron chi connectivity index (χ4n) is 2.98. The molecule has 1 N–H and O–H groups in total. The Labute approximate surface area is 167 Å². The van der Waals surface area contributed by atoms with Crippen molar-refractivity contribution in [1.82, 2.24) is 14.8 Å². The standard InChI is InChI=1S/C17H27N3O5S2/c1-24-8-5-19(6-9-25-2)11-13-3-4-15(21)20(13)7-10-26-17-18-14(12-27-17)16(22)23/h12-13H,3-11H2,1-2H3,(H,22,23)/t13-/m1/s1. The molecular formula is C17H27N3O5S2. The van der Waals surface area contributed by atoms with E-state index in [0.29, 0.717) is 31.9 Å². The van der Waals surface area contributed by atoms with E-state index in [1.54, 1.807) is 14.2 Å². The maximum Gasteiger partial charge on any atom is 0.355 e. The van der Waals surface area contributed by atoms with Gasteiger partial charge in [-0.2, -0.15) is 0 Å². The number of thioether (sulfide) groups is 1. The zero-order valence-corrected chi connectivity index (χ0v) is 17.4. The second kappa shape index (κ2) is 11.6. The van der Waals surface area contributed by atoms with Crippen LogP contribution in [0.5, 0.6) is 0 Å².